The second-order valence-electron chi connectivity index (χ2n) is 7.37. The first-order valence-corrected chi connectivity index (χ1v) is 9.73. The zero-order valence-electron chi connectivity index (χ0n) is 16.7. The first-order chi connectivity index (χ1) is 12.6. The molecule has 1 heterocycles. The molecule has 8 heteroatoms. The maximum Gasteiger partial charge on any atom is 0.192 e. The lowest BCUT2D eigenvalue weighted by Gasteiger charge is -2.54. The molecule has 0 radical (unpaired) electrons. The van der Waals surface area contributed by atoms with Crippen LogP contribution in [0.15, 0.2) is 17.6 Å². The molecule has 1 spiro atoms. The molecule has 27 heavy (non-hydrogen) atoms. The molecule has 2 aliphatic carbocycles. The SMILES string of the molecule is C=CCNC(=NCc1nnc(C)n1C)NC1CC(OCC)C12CCCC2.I. The molecule has 2 fully saturated rings. The van der Waals surface area contributed by atoms with Crippen molar-refractivity contribution >= 4 is 29.9 Å². The number of ether oxygens (including phenoxy) is 1. The minimum atomic E-state index is 0. The maximum atomic E-state index is 6.02. The first kappa shape index (κ1) is 22.1. The highest BCUT2D eigenvalue weighted by atomic mass is 127. The zero-order valence-corrected chi connectivity index (χ0v) is 19.0. The van der Waals surface area contributed by atoms with Crippen molar-refractivity contribution < 1.29 is 4.74 Å². The van der Waals surface area contributed by atoms with Crippen molar-refractivity contribution in [1.82, 2.24) is 25.4 Å². The fourth-order valence-corrected chi connectivity index (χ4v) is 4.31. The van der Waals surface area contributed by atoms with E-state index < -0.39 is 0 Å². The Morgan fingerprint density at radius 2 is 2.15 bits per heavy atom. The van der Waals surface area contributed by atoms with Crippen molar-refractivity contribution in [2.24, 2.45) is 17.5 Å². The molecule has 0 aromatic carbocycles. The Labute approximate surface area is 179 Å². The molecule has 2 unspecified atom stereocenters. The fraction of sp³-hybridized carbons (Fsp3) is 0.737. The van der Waals surface area contributed by atoms with Gasteiger partial charge in [-0.15, -0.1) is 40.8 Å². The minimum absolute atomic E-state index is 0. The summed E-state index contributed by atoms with van der Waals surface area (Å²) in [5, 5.41) is 15.3. The Balaban J connectivity index is 0.00000261. The summed E-state index contributed by atoms with van der Waals surface area (Å²) in [7, 11) is 1.97. The van der Waals surface area contributed by atoms with Gasteiger partial charge >= 0.3 is 0 Å². The summed E-state index contributed by atoms with van der Waals surface area (Å²) in [6.07, 6.45) is 8.36. The largest absolute Gasteiger partial charge is 0.378 e. The molecule has 152 valence electrons. The second kappa shape index (κ2) is 9.86. The van der Waals surface area contributed by atoms with Gasteiger partial charge in [0, 0.05) is 31.7 Å². The van der Waals surface area contributed by atoms with E-state index in [0.717, 1.165) is 30.6 Å². The first-order valence-electron chi connectivity index (χ1n) is 9.73. The van der Waals surface area contributed by atoms with E-state index in [0.29, 0.717) is 25.2 Å². The molecule has 1 aromatic rings. The van der Waals surface area contributed by atoms with E-state index in [-0.39, 0.29) is 29.4 Å². The van der Waals surface area contributed by atoms with Crippen molar-refractivity contribution in [3.63, 3.8) is 0 Å². The number of aryl methyl sites for hydroxylation is 1. The van der Waals surface area contributed by atoms with Crippen molar-refractivity contribution in [3.05, 3.63) is 24.3 Å². The van der Waals surface area contributed by atoms with E-state index in [1.54, 1.807) is 0 Å². The third-order valence-corrected chi connectivity index (χ3v) is 5.97. The molecule has 7 nitrogen and oxygen atoms in total. The Bertz CT molecular complexity index is 653. The van der Waals surface area contributed by atoms with Crippen LogP contribution in [0.5, 0.6) is 0 Å². The summed E-state index contributed by atoms with van der Waals surface area (Å²) in [5.41, 5.74) is 0.272. The van der Waals surface area contributed by atoms with Gasteiger partial charge < -0.3 is 19.9 Å². The fourth-order valence-electron chi connectivity index (χ4n) is 4.31. The Hall–Kier alpha value is -1.16. The van der Waals surface area contributed by atoms with Crippen LogP contribution in [0.2, 0.25) is 0 Å². The van der Waals surface area contributed by atoms with Crippen LogP contribution in [0.25, 0.3) is 0 Å². The van der Waals surface area contributed by atoms with E-state index >= 15 is 0 Å². The number of nitrogens with one attached hydrogen (secondary N) is 2. The molecule has 2 atom stereocenters. The van der Waals surface area contributed by atoms with Crippen LogP contribution in [0.3, 0.4) is 0 Å². The predicted molar refractivity (Wildman–Crippen MR) is 118 cm³/mol. The molecule has 3 rings (SSSR count). The number of aliphatic imine (C=N–C) groups is 1. The Kier molecular flexibility index (Phi) is 8.08. The van der Waals surface area contributed by atoms with Gasteiger partial charge in [0.2, 0.25) is 0 Å². The number of rotatable bonds is 7. The van der Waals surface area contributed by atoms with Crippen LogP contribution in [0, 0.1) is 12.3 Å². The van der Waals surface area contributed by atoms with Gasteiger partial charge in [-0.25, -0.2) is 4.99 Å². The summed E-state index contributed by atoms with van der Waals surface area (Å²) in [6, 6.07) is 0.416. The summed E-state index contributed by atoms with van der Waals surface area (Å²) >= 11 is 0. The highest BCUT2D eigenvalue weighted by molar-refractivity contribution is 14.0. The average molecular weight is 488 g/mol. The van der Waals surface area contributed by atoms with Gasteiger partial charge in [-0.05, 0) is 33.1 Å². The number of hydrogen-bond donors (Lipinski definition) is 2. The third kappa shape index (κ3) is 4.64. The maximum absolute atomic E-state index is 6.02. The molecule has 0 aliphatic heterocycles. The average Bonchev–Trinajstić information content (AvgIpc) is 3.26. The lowest BCUT2D eigenvalue weighted by Crippen LogP contribution is -2.65. The quantitative estimate of drug-likeness (QED) is 0.267. The highest BCUT2D eigenvalue weighted by Crippen LogP contribution is 2.54. The van der Waals surface area contributed by atoms with Crippen molar-refractivity contribution in [3.8, 4) is 0 Å². The molecule has 2 saturated carbocycles. The number of aromatic nitrogens is 3. The summed E-state index contributed by atoms with van der Waals surface area (Å²) in [6.45, 7) is 9.80. The standard InChI is InChI=1S/C19H32N6O.HI/c1-5-11-20-18(21-13-17-24-23-14(3)25(17)4)22-15-12-16(26-6-2)19(15)9-7-8-10-19;/h5,15-16H,1,6-13H2,2-4H3,(H2,20,21,22);1H. The second-order valence-corrected chi connectivity index (χ2v) is 7.37. The van der Waals surface area contributed by atoms with E-state index in [9.17, 15) is 0 Å². The molecule has 2 aliphatic rings. The number of nitrogens with zero attached hydrogens (tertiary/aromatic N) is 4. The molecule has 0 saturated heterocycles. The lowest BCUT2D eigenvalue weighted by molar-refractivity contribution is -0.125. The van der Waals surface area contributed by atoms with Crippen LogP contribution in [0.4, 0.5) is 0 Å². The number of halogens is 1. The van der Waals surface area contributed by atoms with Gasteiger partial charge in [-0.2, -0.15) is 0 Å². The lowest BCUT2D eigenvalue weighted by atomic mass is 9.60. The van der Waals surface area contributed by atoms with Gasteiger partial charge in [0.25, 0.3) is 0 Å². The summed E-state index contributed by atoms with van der Waals surface area (Å²) < 4.78 is 7.99. The Morgan fingerprint density at radius 1 is 1.41 bits per heavy atom. The number of hydrogen-bond acceptors (Lipinski definition) is 4. The van der Waals surface area contributed by atoms with Gasteiger partial charge in [-0.3, -0.25) is 0 Å². The van der Waals surface area contributed by atoms with E-state index in [1.807, 2.05) is 24.6 Å². The van der Waals surface area contributed by atoms with Gasteiger partial charge in [0.15, 0.2) is 11.8 Å². The molecule has 0 bridgehead atoms. The monoisotopic (exact) mass is 488 g/mol. The molecule has 0 amide bonds. The van der Waals surface area contributed by atoms with E-state index in [2.05, 4.69) is 34.3 Å². The topological polar surface area (TPSA) is 76.4 Å². The smallest absolute Gasteiger partial charge is 0.192 e. The highest BCUT2D eigenvalue weighted by Gasteiger charge is 2.56. The van der Waals surface area contributed by atoms with Crippen LogP contribution in [0.1, 0.15) is 50.7 Å². The van der Waals surface area contributed by atoms with Gasteiger partial charge in [-0.1, -0.05) is 18.9 Å². The summed E-state index contributed by atoms with van der Waals surface area (Å²) in [5.74, 6) is 2.57. The van der Waals surface area contributed by atoms with Gasteiger partial charge in [0.1, 0.15) is 12.4 Å². The molecular weight excluding hydrogens is 455 g/mol. The van der Waals surface area contributed by atoms with Crippen LogP contribution < -0.4 is 10.6 Å². The third-order valence-electron chi connectivity index (χ3n) is 5.97. The van der Waals surface area contributed by atoms with Crippen LogP contribution >= 0.6 is 24.0 Å². The Morgan fingerprint density at radius 3 is 2.74 bits per heavy atom. The van der Waals surface area contributed by atoms with Crippen LogP contribution in [-0.2, 0) is 18.3 Å². The molecule has 2 N–H and O–H groups in total. The summed E-state index contributed by atoms with van der Waals surface area (Å²) in [4.78, 5) is 4.74. The van der Waals surface area contributed by atoms with E-state index in [1.165, 1.54) is 25.7 Å². The van der Waals surface area contributed by atoms with Crippen molar-refractivity contribution in [1.29, 1.82) is 0 Å². The zero-order chi connectivity index (χ0) is 18.6. The predicted octanol–water partition coefficient (Wildman–Crippen LogP) is 2.70. The van der Waals surface area contributed by atoms with E-state index in [4.69, 9.17) is 9.73 Å². The normalized spacial score (nSPS) is 23.6. The van der Waals surface area contributed by atoms with Crippen LogP contribution in [-0.4, -0.2) is 46.0 Å². The minimum Gasteiger partial charge on any atom is -0.378 e. The number of guanidine groups is 1. The molecule has 1 aromatic heterocycles. The van der Waals surface area contributed by atoms with Crippen molar-refractivity contribution in [2.75, 3.05) is 13.2 Å². The van der Waals surface area contributed by atoms with Gasteiger partial charge in [0.05, 0.1) is 6.10 Å². The van der Waals surface area contributed by atoms with Crippen molar-refractivity contribution in [2.45, 2.75) is 64.6 Å². The molecular formula is C19H33IN6O.